The zero-order chi connectivity index (χ0) is 18.1. The van der Waals surface area contributed by atoms with Gasteiger partial charge in [0.25, 0.3) is 0 Å². The molecule has 0 radical (unpaired) electrons. The molecule has 0 saturated heterocycles. The van der Waals surface area contributed by atoms with Gasteiger partial charge in [-0.2, -0.15) is 5.26 Å². The van der Waals surface area contributed by atoms with Crippen molar-refractivity contribution < 1.29 is 4.42 Å². The van der Waals surface area contributed by atoms with Crippen LogP contribution in [-0.4, -0.2) is 9.97 Å². The second-order valence-electron chi connectivity index (χ2n) is 5.98. The Morgan fingerprint density at radius 2 is 1.96 bits per heavy atom. The van der Waals surface area contributed by atoms with Crippen molar-refractivity contribution in [3.05, 3.63) is 76.2 Å². The molecule has 126 valence electrons. The number of benzene rings is 2. The maximum atomic E-state index is 9.55. The van der Waals surface area contributed by atoms with Crippen LogP contribution in [0.25, 0.3) is 34.0 Å². The number of furan rings is 1. The van der Waals surface area contributed by atoms with Gasteiger partial charge in [-0.15, -0.1) is 0 Å². The zero-order valence-corrected chi connectivity index (χ0v) is 15.5. The summed E-state index contributed by atoms with van der Waals surface area (Å²) < 4.78 is 6.89. The molecule has 0 saturated carbocycles. The SMILES string of the molecule is Cc1ccc2nc(C(C#N)=Cc3ccc(-c4ccc(Br)cc4)o3)[nH]c2c1. The summed E-state index contributed by atoms with van der Waals surface area (Å²) in [5.74, 6) is 1.90. The van der Waals surface area contributed by atoms with Crippen LogP contribution in [0.2, 0.25) is 0 Å². The van der Waals surface area contributed by atoms with Gasteiger partial charge in [0.15, 0.2) is 0 Å². The molecule has 5 heteroatoms. The van der Waals surface area contributed by atoms with E-state index in [9.17, 15) is 5.26 Å². The van der Waals surface area contributed by atoms with Crippen LogP contribution in [-0.2, 0) is 0 Å². The fourth-order valence-electron chi connectivity index (χ4n) is 2.75. The Morgan fingerprint density at radius 1 is 1.15 bits per heavy atom. The third-order valence-corrected chi connectivity index (χ3v) is 4.58. The Bertz CT molecular complexity index is 1160. The van der Waals surface area contributed by atoms with E-state index >= 15 is 0 Å². The lowest BCUT2D eigenvalue weighted by Crippen LogP contribution is -1.84. The molecule has 0 aliphatic heterocycles. The van der Waals surface area contributed by atoms with E-state index in [1.807, 2.05) is 61.5 Å². The standard InChI is InChI=1S/C21H14BrN3O/c1-13-2-8-18-19(10-13)25-21(24-18)15(12-23)11-17-7-9-20(26-17)14-3-5-16(22)6-4-14/h2-11H,1H3,(H,24,25). The molecule has 0 spiro atoms. The molecule has 0 bridgehead atoms. The van der Waals surface area contributed by atoms with Crippen LogP contribution >= 0.6 is 15.9 Å². The van der Waals surface area contributed by atoms with Gasteiger partial charge < -0.3 is 9.40 Å². The number of fused-ring (bicyclic) bond motifs is 1. The van der Waals surface area contributed by atoms with Crippen LogP contribution in [0.3, 0.4) is 0 Å². The Morgan fingerprint density at radius 3 is 2.73 bits per heavy atom. The molecule has 0 amide bonds. The molecule has 0 unspecified atom stereocenters. The first-order valence-corrected chi connectivity index (χ1v) is 8.86. The largest absolute Gasteiger partial charge is 0.457 e. The number of aromatic nitrogens is 2. The molecule has 0 atom stereocenters. The van der Waals surface area contributed by atoms with Gasteiger partial charge in [-0.3, -0.25) is 0 Å². The Kier molecular flexibility index (Phi) is 4.19. The number of nitrogens with one attached hydrogen (secondary N) is 1. The highest BCUT2D eigenvalue weighted by Gasteiger charge is 2.10. The van der Waals surface area contributed by atoms with E-state index in [4.69, 9.17) is 4.42 Å². The van der Waals surface area contributed by atoms with Crippen molar-refractivity contribution in [2.24, 2.45) is 0 Å². The number of imidazole rings is 1. The summed E-state index contributed by atoms with van der Waals surface area (Å²) in [6.45, 7) is 2.02. The van der Waals surface area contributed by atoms with Crippen molar-refractivity contribution in [3.63, 3.8) is 0 Å². The minimum atomic E-state index is 0.426. The van der Waals surface area contributed by atoms with Crippen LogP contribution in [0.5, 0.6) is 0 Å². The number of aryl methyl sites for hydroxylation is 1. The van der Waals surface area contributed by atoms with Gasteiger partial charge in [-0.05, 0) is 48.9 Å². The molecule has 4 aromatic rings. The third kappa shape index (κ3) is 3.19. The summed E-state index contributed by atoms with van der Waals surface area (Å²) in [5, 5.41) is 9.55. The molecule has 2 aromatic heterocycles. The molecule has 4 rings (SSSR count). The number of hydrogen-bond donors (Lipinski definition) is 1. The number of nitriles is 1. The average Bonchev–Trinajstić information content (AvgIpc) is 3.26. The number of nitrogens with zero attached hydrogens (tertiary/aromatic N) is 2. The van der Waals surface area contributed by atoms with Gasteiger partial charge in [-0.25, -0.2) is 4.98 Å². The number of aromatic amines is 1. The summed E-state index contributed by atoms with van der Waals surface area (Å²) in [7, 11) is 0. The molecule has 2 heterocycles. The third-order valence-electron chi connectivity index (χ3n) is 4.06. The number of halogens is 1. The van der Waals surface area contributed by atoms with Gasteiger partial charge in [0.2, 0.25) is 0 Å². The summed E-state index contributed by atoms with van der Waals surface area (Å²) in [6, 6.07) is 19.8. The second-order valence-corrected chi connectivity index (χ2v) is 6.90. The Balaban J connectivity index is 1.69. The van der Waals surface area contributed by atoms with E-state index in [1.54, 1.807) is 6.08 Å². The van der Waals surface area contributed by atoms with E-state index in [1.165, 1.54) is 0 Å². The number of rotatable bonds is 3. The molecule has 0 aliphatic rings. The lowest BCUT2D eigenvalue weighted by Gasteiger charge is -1.97. The lowest BCUT2D eigenvalue weighted by atomic mass is 10.2. The summed E-state index contributed by atoms with van der Waals surface area (Å²) in [5.41, 5.74) is 4.29. The maximum absolute atomic E-state index is 9.55. The van der Waals surface area contributed by atoms with Crippen LogP contribution in [0.4, 0.5) is 0 Å². The number of hydrogen-bond acceptors (Lipinski definition) is 3. The van der Waals surface area contributed by atoms with E-state index in [-0.39, 0.29) is 0 Å². The van der Waals surface area contributed by atoms with Gasteiger partial charge in [0.05, 0.1) is 16.6 Å². The highest BCUT2D eigenvalue weighted by Crippen LogP contribution is 2.26. The van der Waals surface area contributed by atoms with Crippen molar-refractivity contribution in [1.29, 1.82) is 5.26 Å². The van der Waals surface area contributed by atoms with E-state index < -0.39 is 0 Å². The van der Waals surface area contributed by atoms with Gasteiger partial charge >= 0.3 is 0 Å². The van der Waals surface area contributed by atoms with E-state index in [2.05, 4.69) is 32.0 Å². The fourth-order valence-corrected chi connectivity index (χ4v) is 3.01. The second kappa shape index (κ2) is 6.66. The summed E-state index contributed by atoms with van der Waals surface area (Å²) in [6.07, 6.45) is 1.70. The molecule has 2 aromatic carbocycles. The van der Waals surface area contributed by atoms with Crippen LogP contribution in [0.15, 0.2) is 63.5 Å². The molecule has 4 nitrogen and oxygen atoms in total. The molecular formula is C21H14BrN3O. The van der Waals surface area contributed by atoms with Crippen molar-refractivity contribution in [2.45, 2.75) is 6.92 Å². The predicted molar refractivity (Wildman–Crippen MR) is 106 cm³/mol. The Labute approximate surface area is 158 Å². The van der Waals surface area contributed by atoms with Gasteiger partial charge in [0.1, 0.15) is 23.4 Å². The lowest BCUT2D eigenvalue weighted by molar-refractivity contribution is 0.572. The molecule has 26 heavy (non-hydrogen) atoms. The monoisotopic (exact) mass is 403 g/mol. The topological polar surface area (TPSA) is 65.6 Å². The van der Waals surface area contributed by atoms with Crippen molar-refractivity contribution in [1.82, 2.24) is 9.97 Å². The molecule has 1 N–H and O–H groups in total. The molecular weight excluding hydrogens is 390 g/mol. The van der Waals surface area contributed by atoms with Crippen LogP contribution in [0, 0.1) is 18.3 Å². The average molecular weight is 404 g/mol. The fraction of sp³-hybridized carbons (Fsp3) is 0.0476. The van der Waals surface area contributed by atoms with Crippen molar-refractivity contribution in [2.75, 3.05) is 0 Å². The van der Waals surface area contributed by atoms with Gasteiger partial charge in [0, 0.05) is 16.1 Å². The number of allylic oxidation sites excluding steroid dienone is 1. The van der Waals surface area contributed by atoms with Crippen LogP contribution < -0.4 is 0 Å². The first-order chi connectivity index (χ1) is 12.6. The quantitative estimate of drug-likeness (QED) is 0.429. The van der Waals surface area contributed by atoms with Crippen LogP contribution in [0.1, 0.15) is 17.1 Å². The van der Waals surface area contributed by atoms with E-state index in [0.29, 0.717) is 17.2 Å². The zero-order valence-electron chi connectivity index (χ0n) is 14.0. The first kappa shape index (κ1) is 16.4. The molecule has 0 aliphatic carbocycles. The first-order valence-electron chi connectivity index (χ1n) is 8.07. The number of H-pyrrole nitrogens is 1. The molecule has 0 fully saturated rings. The van der Waals surface area contributed by atoms with Crippen molar-refractivity contribution >= 4 is 38.6 Å². The minimum Gasteiger partial charge on any atom is -0.457 e. The van der Waals surface area contributed by atoms with E-state index in [0.717, 1.165) is 32.4 Å². The highest BCUT2D eigenvalue weighted by atomic mass is 79.9. The highest BCUT2D eigenvalue weighted by molar-refractivity contribution is 9.10. The van der Waals surface area contributed by atoms with Crippen molar-refractivity contribution in [3.8, 4) is 17.4 Å². The Hall–Kier alpha value is -3.10. The predicted octanol–water partition coefficient (Wildman–Crippen LogP) is 5.96. The summed E-state index contributed by atoms with van der Waals surface area (Å²) >= 11 is 3.42. The normalized spacial score (nSPS) is 11.7. The van der Waals surface area contributed by atoms with Gasteiger partial charge in [-0.1, -0.05) is 34.1 Å². The summed E-state index contributed by atoms with van der Waals surface area (Å²) in [4.78, 5) is 7.71. The smallest absolute Gasteiger partial charge is 0.149 e. The minimum absolute atomic E-state index is 0.426. The maximum Gasteiger partial charge on any atom is 0.149 e.